The van der Waals surface area contributed by atoms with Crippen molar-refractivity contribution in [1.29, 1.82) is 0 Å². The number of thiazole rings is 1. The molecule has 5 nitrogen and oxygen atoms in total. The molecule has 2 saturated carbocycles. The maximum Gasteiger partial charge on any atom is 0.265 e. The zero-order chi connectivity index (χ0) is 14.8. The fraction of sp³-hybridized carbons (Fsp3) is 0.733. The van der Waals surface area contributed by atoms with E-state index in [9.17, 15) is 4.79 Å². The number of aromatic nitrogens is 1. The first kappa shape index (κ1) is 14.6. The summed E-state index contributed by atoms with van der Waals surface area (Å²) in [5, 5.41) is 7.26. The van der Waals surface area contributed by atoms with Gasteiger partial charge in [-0.1, -0.05) is 37.5 Å². The average Bonchev–Trinajstić information content (AvgIpc) is 3.21. The molecule has 21 heavy (non-hydrogen) atoms. The second-order valence-corrected chi connectivity index (χ2v) is 7.18. The van der Waals surface area contributed by atoms with Gasteiger partial charge in [0.05, 0.1) is 0 Å². The number of nitrogen functional groups attached to an aromatic ring is 1. The molecule has 0 saturated heterocycles. The van der Waals surface area contributed by atoms with E-state index in [0.717, 1.165) is 18.0 Å². The Morgan fingerprint density at radius 3 is 2.81 bits per heavy atom. The second-order valence-electron chi connectivity index (χ2n) is 6.18. The Bertz CT molecular complexity index is 512. The lowest BCUT2D eigenvalue weighted by atomic mass is 9.83. The summed E-state index contributed by atoms with van der Waals surface area (Å²) < 4.78 is 0. The standard InChI is InChI=1S/C15H24N4OS/c1-2-9-5-3-4-6-11(9)18-14(20)12-13(16)19-15(21-12)17-10-7-8-10/h9-11H,2-8,16H2,1H3,(H,17,19)(H,18,20). The molecule has 1 amide bonds. The molecule has 1 aromatic heterocycles. The third-order valence-corrected chi connectivity index (χ3v) is 5.52. The van der Waals surface area contributed by atoms with Crippen LogP contribution in [-0.4, -0.2) is 23.0 Å². The van der Waals surface area contributed by atoms with Crippen molar-refractivity contribution >= 4 is 28.2 Å². The number of amides is 1. The predicted molar refractivity (Wildman–Crippen MR) is 86.7 cm³/mol. The largest absolute Gasteiger partial charge is 0.382 e. The van der Waals surface area contributed by atoms with E-state index >= 15 is 0 Å². The Labute approximate surface area is 129 Å². The number of hydrogen-bond donors (Lipinski definition) is 3. The van der Waals surface area contributed by atoms with E-state index < -0.39 is 0 Å². The average molecular weight is 308 g/mol. The third-order valence-electron chi connectivity index (χ3n) is 4.51. The van der Waals surface area contributed by atoms with Gasteiger partial charge in [0.2, 0.25) is 0 Å². The SMILES string of the molecule is CCC1CCCCC1NC(=O)c1sc(NC2CC2)nc1N. The van der Waals surface area contributed by atoms with Crippen LogP contribution in [0.2, 0.25) is 0 Å². The molecule has 2 aliphatic carbocycles. The van der Waals surface area contributed by atoms with E-state index in [-0.39, 0.29) is 11.9 Å². The molecule has 0 bridgehead atoms. The minimum Gasteiger partial charge on any atom is -0.382 e. The highest BCUT2D eigenvalue weighted by Crippen LogP contribution is 2.31. The number of hydrogen-bond acceptors (Lipinski definition) is 5. The second kappa shape index (κ2) is 6.22. The molecule has 3 rings (SSSR count). The van der Waals surface area contributed by atoms with Gasteiger partial charge in [-0.25, -0.2) is 4.98 Å². The van der Waals surface area contributed by atoms with Crippen LogP contribution < -0.4 is 16.4 Å². The van der Waals surface area contributed by atoms with Gasteiger partial charge < -0.3 is 16.4 Å². The number of carbonyl (C=O) groups is 1. The minimum absolute atomic E-state index is 0.0563. The summed E-state index contributed by atoms with van der Waals surface area (Å²) in [6.07, 6.45) is 8.27. The van der Waals surface area contributed by atoms with Crippen LogP contribution in [0.25, 0.3) is 0 Å². The van der Waals surface area contributed by atoms with Gasteiger partial charge in [0, 0.05) is 12.1 Å². The molecule has 0 spiro atoms. The first-order valence-corrected chi connectivity index (χ1v) is 8.82. The monoisotopic (exact) mass is 308 g/mol. The molecule has 0 aromatic carbocycles. The maximum atomic E-state index is 12.5. The Morgan fingerprint density at radius 2 is 2.10 bits per heavy atom. The van der Waals surface area contributed by atoms with Crippen LogP contribution in [-0.2, 0) is 0 Å². The molecule has 2 fully saturated rings. The molecular weight excluding hydrogens is 284 g/mol. The Balaban J connectivity index is 1.65. The van der Waals surface area contributed by atoms with Crippen molar-refractivity contribution in [2.24, 2.45) is 5.92 Å². The third kappa shape index (κ3) is 3.48. The first-order valence-electron chi connectivity index (χ1n) is 8.01. The van der Waals surface area contributed by atoms with Crippen molar-refractivity contribution in [3.05, 3.63) is 4.88 Å². The zero-order valence-electron chi connectivity index (χ0n) is 12.5. The number of carbonyl (C=O) groups excluding carboxylic acids is 1. The van der Waals surface area contributed by atoms with Gasteiger partial charge in [-0.05, 0) is 31.6 Å². The van der Waals surface area contributed by atoms with E-state index in [2.05, 4.69) is 22.5 Å². The van der Waals surface area contributed by atoms with Crippen LogP contribution in [0, 0.1) is 5.92 Å². The molecule has 1 heterocycles. The molecule has 0 radical (unpaired) electrons. The lowest BCUT2D eigenvalue weighted by molar-refractivity contribution is 0.0909. The summed E-state index contributed by atoms with van der Waals surface area (Å²) in [4.78, 5) is 17.3. The molecule has 2 atom stereocenters. The van der Waals surface area contributed by atoms with E-state index in [1.165, 1.54) is 43.4 Å². The summed E-state index contributed by atoms with van der Waals surface area (Å²) in [6, 6.07) is 0.812. The zero-order valence-corrected chi connectivity index (χ0v) is 13.3. The summed E-state index contributed by atoms with van der Waals surface area (Å²) in [5.74, 6) is 0.893. The summed E-state index contributed by atoms with van der Waals surface area (Å²) in [6.45, 7) is 2.20. The first-order chi connectivity index (χ1) is 10.2. The lowest BCUT2D eigenvalue weighted by Crippen LogP contribution is -2.41. The molecule has 6 heteroatoms. The van der Waals surface area contributed by atoms with Gasteiger partial charge in [0.1, 0.15) is 10.7 Å². The molecule has 1 aromatic rings. The summed E-state index contributed by atoms with van der Waals surface area (Å²) in [7, 11) is 0. The van der Waals surface area contributed by atoms with Gasteiger partial charge in [-0.2, -0.15) is 0 Å². The van der Waals surface area contributed by atoms with E-state index in [4.69, 9.17) is 5.73 Å². The molecule has 2 aliphatic rings. The summed E-state index contributed by atoms with van der Waals surface area (Å²) in [5.41, 5.74) is 5.91. The summed E-state index contributed by atoms with van der Waals surface area (Å²) >= 11 is 1.37. The fourth-order valence-corrected chi connectivity index (χ4v) is 3.94. The molecule has 2 unspecified atom stereocenters. The smallest absolute Gasteiger partial charge is 0.265 e. The Hall–Kier alpha value is -1.30. The van der Waals surface area contributed by atoms with Gasteiger partial charge in [-0.3, -0.25) is 4.79 Å². The quantitative estimate of drug-likeness (QED) is 0.781. The van der Waals surface area contributed by atoms with E-state index in [1.54, 1.807) is 0 Å². The van der Waals surface area contributed by atoms with Gasteiger partial charge in [0.25, 0.3) is 5.91 Å². The highest BCUT2D eigenvalue weighted by atomic mass is 32.1. The Kier molecular flexibility index (Phi) is 4.33. The number of anilines is 2. The van der Waals surface area contributed by atoms with Crippen molar-refractivity contribution in [2.75, 3.05) is 11.1 Å². The normalized spacial score (nSPS) is 25.6. The van der Waals surface area contributed by atoms with Crippen LogP contribution in [0.15, 0.2) is 0 Å². The van der Waals surface area contributed by atoms with E-state index in [0.29, 0.717) is 22.7 Å². The molecule has 4 N–H and O–H groups in total. The van der Waals surface area contributed by atoms with Crippen molar-refractivity contribution in [3.63, 3.8) is 0 Å². The van der Waals surface area contributed by atoms with Crippen LogP contribution in [0.3, 0.4) is 0 Å². The number of nitrogens with two attached hydrogens (primary N) is 1. The number of nitrogens with one attached hydrogen (secondary N) is 2. The van der Waals surface area contributed by atoms with Gasteiger partial charge in [0.15, 0.2) is 5.13 Å². The lowest BCUT2D eigenvalue weighted by Gasteiger charge is -2.31. The fourth-order valence-electron chi connectivity index (χ4n) is 3.08. The van der Waals surface area contributed by atoms with Crippen molar-refractivity contribution in [2.45, 2.75) is 64.0 Å². The van der Waals surface area contributed by atoms with Crippen molar-refractivity contribution in [3.8, 4) is 0 Å². The molecular formula is C15H24N4OS. The van der Waals surface area contributed by atoms with Crippen LogP contribution in [0.1, 0.15) is 61.5 Å². The Morgan fingerprint density at radius 1 is 1.33 bits per heavy atom. The van der Waals surface area contributed by atoms with E-state index in [1.807, 2.05) is 0 Å². The number of nitrogens with zero attached hydrogens (tertiary/aromatic N) is 1. The highest BCUT2D eigenvalue weighted by Gasteiger charge is 2.28. The van der Waals surface area contributed by atoms with Crippen LogP contribution in [0.4, 0.5) is 10.9 Å². The topological polar surface area (TPSA) is 80.0 Å². The van der Waals surface area contributed by atoms with Crippen LogP contribution >= 0.6 is 11.3 Å². The predicted octanol–water partition coefficient (Wildman–Crippen LogP) is 3.00. The van der Waals surface area contributed by atoms with Crippen molar-refractivity contribution in [1.82, 2.24) is 10.3 Å². The van der Waals surface area contributed by atoms with Crippen LogP contribution in [0.5, 0.6) is 0 Å². The maximum absolute atomic E-state index is 12.5. The van der Waals surface area contributed by atoms with Crippen molar-refractivity contribution < 1.29 is 4.79 Å². The van der Waals surface area contributed by atoms with Gasteiger partial charge in [-0.15, -0.1) is 0 Å². The molecule has 116 valence electrons. The number of rotatable bonds is 5. The molecule has 0 aliphatic heterocycles. The van der Waals surface area contributed by atoms with Gasteiger partial charge >= 0.3 is 0 Å². The minimum atomic E-state index is -0.0563. The highest BCUT2D eigenvalue weighted by molar-refractivity contribution is 7.18.